The van der Waals surface area contributed by atoms with E-state index in [1.54, 1.807) is 13.0 Å². The first-order chi connectivity index (χ1) is 8.67. The van der Waals surface area contributed by atoms with Crippen LogP contribution in [0.4, 0.5) is 0 Å². The minimum absolute atomic E-state index is 0.0771. The molecule has 96 valence electrons. The van der Waals surface area contributed by atoms with E-state index in [2.05, 4.69) is 6.07 Å². The third-order valence-electron chi connectivity index (χ3n) is 2.79. The molecule has 0 aliphatic carbocycles. The summed E-state index contributed by atoms with van der Waals surface area (Å²) in [5.74, 6) is -0.348. The second-order valence-electron chi connectivity index (χ2n) is 3.84. The largest absolute Gasteiger partial charge is 0.466 e. The van der Waals surface area contributed by atoms with Crippen LogP contribution in [0, 0.1) is 11.3 Å². The van der Waals surface area contributed by atoms with Crippen LogP contribution in [-0.2, 0) is 29.0 Å². The molecular weight excluding hydrogens is 230 g/mol. The first-order valence-electron chi connectivity index (χ1n) is 5.98. The SMILES string of the molecule is CCOC(=O)Cc1c(CC)ccc(CO)c1C#N. The lowest BCUT2D eigenvalue weighted by Crippen LogP contribution is -2.12. The summed E-state index contributed by atoms with van der Waals surface area (Å²) in [4.78, 5) is 11.6. The number of benzene rings is 1. The summed E-state index contributed by atoms with van der Waals surface area (Å²) in [6.07, 6.45) is 0.808. The van der Waals surface area contributed by atoms with Crippen LogP contribution in [0.3, 0.4) is 0 Å². The van der Waals surface area contributed by atoms with E-state index in [-0.39, 0.29) is 19.0 Å². The smallest absolute Gasteiger partial charge is 0.310 e. The standard InChI is InChI=1S/C14H17NO3/c1-3-10-5-6-11(9-16)13(8-15)12(10)7-14(17)18-4-2/h5-6,16H,3-4,7,9H2,1-2H3. The summed E-state index contributed by atoms with van der Waals surface area (Å²) in [5, 5.41) is 18.4. The number of aliphatic hydroxyl groups excluding tert-OH is 1. The number of rotatable bonds is 5. The van der Waals surface area contributed by atoms with Crippen molar-refractivity contribution in [3.05, 3.63) is 34.4 Å². The Labute approximate surface area is 107 Å². The van der Waals surface area contributed by atoms with Gasteiger partial charge in [-0.3, -0.25) is 4.79 Å². The van der Waals surface area contributed by atoms with Gasteiger partial charge < -0.3 is 9.84 Å². The molecule has 0 saturated carbocycles. The van der Waals surface area contributed by atoms with Gasteiger partial charge >= 0.3 is 5.97 Å². The molecular formula is C14H17NO3. The number of carbonyl (C=O) groups is 1. The Kier molecular flexibility index (Phi) is 5.34. The van der Waals surface area contributed by atoms with E-state index in [1.165, 1.54) is 0 Å². The third-order valence-corrected chi connectivity index (χ3v) is 2.79. The lowest BCUT2D eigenvalue weighted by Gasteiger charge is -2.12. The van der Waals surface area contributed by atoms with Crippen molar-refractivity contribution in [2.24, 2.45) is 0 Å². The Hall–Kier alpha value is -1.86. The average molecular weight is 247 g/mol. The number of nitriles is 1. The highest BCUT2D eigenvalue weighted by Crippen LogP contribution is 2.21. The quantitative estimate of drug-likeness (QED) is 0.804. The Bertz CT molecular complexity index is 475. The van der Waals surface area contributed by atoms with Crippen molar-refractivity contribution in [3.8, 4) is 6.07 Å². The van der Waals surface area contributed by atoms with Gasteiger partial charge in [-0.15, -0.1) is 0 Å². The van der Waals surface area contributed by atoms with Crippen LogP contribution in [0.5, 0.6) is 0 Å². The molecule has 0 atom stereocenters. The van der Waals surface area contributed by atoms with Gasteiger partial charge in [0.1, 0.15) is 0 Å². The Morgan fingerprint density at radius 3 is 2.56 bits per heavy atom. The van der Waals surface area contributed by atoms with Crippen LogP contribution in [0.15, 0.2) is 12.1 Å². The van der Waals surface area contributed by atoms with E-state index in [0.29, 0.717) is 23.3 Å². The second-order valence-corrected chi connectivity index (χ2v) is 3.84. The lowest BCUT2D eigenvalue weighted by molar-refractivity contribution is -0.142. The first kappa shape index (κ1) is 14.2. The van der Waals surface area contributed by atoms with Gasteiger partial charge in [-0.05, 0) is 30.0 Å². The van der Waals surface area contributed by atoms with E-state index in [4.69, 9.17) is 4.74 Å². The highest BCUT2D eigenvalue weighted by molar-refractivity contribution is 5.74. The fourth-order valence-electron chi connectivity index (χ4n) is 1.90. The van der Waals surface area contributed by atoms with Crippen LogP contribution < -0.4 is 0 Å². The van der Waals surface area contributed by atoms with Crippen LogP contribution in [0.25, 0.3) is 0 Å². The normalized spacial score (nSPS) is 9.89. The molecule has 1 rings (SSSR count). The van der Waals surface area contributed by atoms with E-state index in [1.807, 2.05) is 13.0 Å². The number of hydrogen-bond acceptors (Lipinski definition) is 4. The van der Waals surface area contributed by atoms with Crippen molar-refractivity contribution in [2.45, 2.75) is 33.3 Å². The summed E-state index contributed by atoms with van der Waals surface area (Å²) >= 11 is 0. The van der Waals surface area contributed by atoms with Crippen molar-refractivity contribution in [3.63, 3.8) is 0 Å². The fraction of sp³-hybridized carbons (Fsp3) is 0.429. The minimum atomic E-state index is -0.348. The molecule has 0 spiro atoms. The molecule has 0 bridgehead atoms. The van der Waals surface area contributed by atoms with Gasteiger partial charge in [-0.25, -0.2) is 0 Å². The van der Waals surface area contributed by atoms with Crippen LogP contribution in [-0.4, -0.2) is 17.7 Å². The van der Waals surface area contributed by atoms with Gasteiger partial charge in [0, 0.05) is 0 Å². The molecule has 0 radical (unpaired) electrons. The van der Waals surface area contributed by atoms with Crippen LogP contribution >= 0.6 is 0 Å². The number of carbonyl (C=O) groups excluding carboxylic acids is 1. The summed E-state index contributed by atoms with van der Waals surface area (Å²) < 4.78 is 4.91. The summed E-state index contributed by atoms with van der Waals surface area (Å²) in [6, 6.07) is 5.65. The van der Waals surface area contributed by atoms with E-state index in [0.717, 1.165) is 12.0 Å². The van der Waals surface area contributed by atoms with Crippen molar-refractivity contribution in [2.75, 3.05) is 6.61 Å². The maximum absolute atomic E-state index is 11.6. The Balaban J connectivity index is 3.20. The predicted molar refractivity (Wildman–Crippen MR) is 66.8 cm³/mol. The number of aliphatic hydroxyl groups is 1. The van der Waals surface area contributed by atoms with Gasteiger partial charge in [-0.1, -0.05) is 19.1 Å². The molecule has 0 saturated heterocycles. The molecule has 1 aromatic rings. The van der Waals surface area contributed by atoms with Crippen molar-refractivity contribution in [1.82, 2.24) is 0 Å². The molecule has 0 aliphatic rings. The van der Waals surface area contributed by atoms with Crippen molar-refractivity contribution < 1.29 is 14.6 Å². The number of aryl methyl sites for hydroxylation is 1. The minimum Gasteiger partial charge on any atom is -0.466 e. The van der Waals surface area contributed by atoms with Gasteiger partial charge in [0.05, 0.1) is 31.3 Å². The molecule has 0 aliphatic heterocycles. The zero-order valence-corrected chi connectivity index (χ0v) is 10.7. The van der Waals surface area contributed by atoms with Crippen molar-refractivity contribution >= 4 is 5.97 Å². The molecule has 1 aromatic carbocycles. The van der Waals surface area contributed by atoms with E-state index >= 15 is 0 Å². The Morgan fingerprint density at radius 1 is 1.39 bits per heavy atom. The molecule has 0 aromatic heterocycles. The molecule has 18 heavy (non-hydrogen) atoms. The predicted octanol–water partition coefficient (Wildman–Crippen LogP) is 1.72. The summed E-state index contributed by atoms with van der Waals surface area (Å²) in [7, 11) is 0. The van der Waals surface area contributed by atoms with Crippen molar-refractivity contribution in [1.29, 1.82) is 5.26 Å². The molecule has 4 nitrogen and oxygen atoms in total. The maximum Gasteiger partial charge on any atom is 0.310 e. The molecule has 0 unspecified atom stereocenters. The number of esters is 1. The Morgan fingerprint density at radius 2 is 2.06 bits per heavy atom. The third kappa shape index (κ3) is 3.08. The highest BCUT2D eigenvalue weighted by Gasteiger charge is 2.15. The maximum atomic E-state index is 11.6. The van der Waals surface area contributed by atoms with Gasteiger partial charge in [-0.2, -0.15) is 5.26 Å². The zero-order valence-electron chi connectivity index (χ0n) is 10.7. The topological polar surface area (TPSA) is 70.3 Å². The number of hydrogen-bond donors (Lipinski definition) is 1. The molecule has 4 heteroatoms. The monoisotopic (exact) mass is 247 g/mol. The van der Waals surface area contributed by atoms with Gasteiger partial charge in [0.15, 0.2) is 0 Å². The zero-order chi connectivity index (χ0) is 13.5. The van der Waals surface area contributed by atoms with Crippen LogP contribution in [0.1, 0.15) is 36.1 Å². The first-order valence-corrected chi connectivity index (χ1v) is 5.98. The molecule has 1 N–H and O–H groups in total. The second kappa shape index (κ2) is 6.77. The van der Waals surface area contributed by atoms with Gasteiger partial charge in [0.2, 0.25) is 0 Å². The molecule has 0 amide bonds. The summed E-state index contributed by atoms with van der Waals surface area (Å²) in [5.41, 5.74) is 2.56. The van der Waals surface area contributed by atoms with E-state index < -0.39 is 0 Å². The fourth-order valence-corrected chi connectivity index (χ4v) is 1.90. The number of ether oxygens (including phenoxy) is 1. The summed E-state index contributed by atoms with van der Waals surface area (Å²) in [6.45, 7) is 3.82. The average Bonchev–Trinajstić information content (AvgIpc) is 2.38. The lowest BCUT2D eigenvalue weighted by atomic mass is 9.93. The van der Waals surface area contributed by atoms with Crippen LogP contribution in [0.2, 0.25) is 0 Å². The van der Waals surface area contributed by atoms with Gasteiger partial charge in [0.25, 0.3) is 0 Å². The molecule has 0 heterocycles. The van der Waals surface area contributed by atoms with E-state index in [9.17, 15) is 15.2 Å². The number of nitrogens with zero attached hydrogens (tertiary/aromatic N) is 1. The highest BCUT2D eigenvalue weighted by atomic mass is 16.5. The molecule has 0 fully saturated rings.